The molecule has 1 aromatic rings. The zero-order chi connectivity index (χ0) is 16.4. The van der Waals surface area contributed by atoms with Gasteiger partial charge in [0.1, 0.15) is 5.75 Å². The highest BCUT2D eigenvalue weighted by atomic mass is 16.5. The van der Waals surface area contributed by atoms with Gasteiger partial charge in [-0.3, -0.25) is 9.59 Å². The third-order valence-corrected chi connectivity index (χ3v) is 4.04. The third-order valence-electron chi connectivity index (χ3n) is 4.04. The van der Waals surface area contributed by atoms with Gasteiger partial charge in [0, 0.05) is 37.9 Å². The van der Waals surface area contributed by atoms with Gasteiger partial charge in [0.2, 0.25) is 0 Å². The topological polar surface area (TPSA) is 91.0 Å². The zero-order valence-electron chi connectivity index (χ0n) is 12.7. The molecule has 2 aliphatic heterocycles. The van der Waals surface area contributed by atoms with Gasteiger partial charge in [-0.15, -0.1) is 0 Å². The molecule has 2 fully saturated rings. The maximum Gasteiger partial charge on any atom is 0.321 e. The third kappa shape index (κ3) is 3.05. The van der Waals surface area contributed by atoms with Crippen molar-refractivity contribution in [3.63, 3.8) is 0 Å². The molecule has 23 heavy (non-hydrogen) atoms. The number of carbonyl (C=O) groups is 3. The summed E-state index contributed by atoms with van der Waals surface area (Å²) in [5, 5.41) is 5.37. The Bertz CT molecular complexity index is 648. The molecule has 0 radical (unpaired) electrons. The molecule has 4 amide bonds. The molecular formula is C15H18N4O4. The first kappa shape index (κ1) is 15.1. The number of nitrogens with one attached hydrogen (secondary N) is 2. The molecule has 2 heterocycles. The number of hydrogen-bond donors (Lipinski definition) is 2. The van der Waals surface area contributed by atoms with Crippen LogP contribution in [0.1, 0.15) is 0 Å². The van der Waals surface area contributed by atoms with Crippen molar-refractivity contribution in [2.24, 2.45) is 0 Å². The number of urea groups is 1. The highest BCUT2D eigenvalue weighted by molar-refractivity contribution is 6.35. The van der Waals surface area contributed by atoms with Crippen LogP contribution < -0.4 is 15.4 Å². The molecule has 3 rings (SSSR count). The van der Waals surface area contributed by atoms with Crippen LogP contribution in [0.3, 0.4) is 0 Å². The van der Waals surface area contributed by atoms with Crippen molar-refractivity contribution >= 4 is 23.5 Å². The van der Waals surface area contributed by atoms with Gasteiger partial charge < -0.3 is 25.2 Å². The number of anilines is 1. The summed E-state index contributed by atoms with van der Waals surface area (Å²) in [5.74, 6) is -0.433. The molecule has 1 atom stereocenters. The van der Waals surface area contributed by atoms with E-state index < -0.39 is 11.8 Å². The van der Waals surface area contributed by atoms with Crippen LogP contribution in [0.15, 0.2) is 24.3 Å². The van der Waals surface area contributed by atoms with Crippen molar-refractivity contribution in [2.75, 3.05) is 38.6 Å². The van der Waals surface area contributed by atoms with Gasteiger partial charge in [-0.2, -0.15) is 0 Å². The van der Waals surface area contributed by atoms with Gasteiger partial charge >= 0.3 is 17.8 Å². The summed E-state index contributed by atoms with van der Waals surface area (Å²) in [6, 6.07) is 6.69. The minimum Gasteiger partial charge on any atom is -0.497 e. The van der Waals surface area contributed by atoms with E-state index >= 15 is 0 Å². The lowest BCUT2D eigenvalue weighted by molar-refractivity contribution is -0.152. The number of nitrogens with zero attached hydrogens (tertiary/aromatic N) is 2. The Balaban J connectivity index is 1.63. The number of hydrogen-bond acceptors (Lipinski definition) is 4. The average Bonchev–Trinajstić information content (AvgIpc) is 2.58. The second-order valence-corrected chi connectivity index (χ2v) is 5.47. The lowest BCUT2D eigenvalue weighted by Gasteiger charge is -2.43. The van der Waals surface area contributed by atoms with E-state index in [4.69, 9.17) is 4.74 Å². The van der Waals surface area contributed by atoms with Gasteiger partial charge in [-0.05, 0) is 12.1 Å². The molecule has 1 unspecified atom stereocenters. The van der Waals surface area contributed by atoms with E-state index in [-0.39, 0.29) is 12.1 Å². The van der Waals surface area contributed by atoms with Gasteiger partial charge in [0.05, 0.1) is 13.2 Å². The fraction of sp³-hybridized carbons (Fsp3) is 0.400. The largest absolute Gasteiger partial charge is 0.497 e. The Morgan fingerprint density at radius 1 is 1.35 bits per heavy atom. The monoisotopic (exact) mass is 318 g/mol. The molecule has 2 saturated heterocycles. The van der Waals surface area contributed by atoms with Gasteiger partial charge in [0.25, 0.3) is 0 Å². The molecule has 8 heteroatoms. The van der Waals surface area contributed by atoms with Crippen molar-refractivity contribution in [1.82, 2.24) is 15.1 Å². The fourth-order valence-corrected chi connectivity index (χ4v) is 2.80. The quantitative estimate of drug-likeness (QED) is 0.743. The van der Waals surface area contributed by atoms with E-state index in [1.807, 2.05) is 0 Å². The lowest BCUT2D eigenvalue weighted by Crippen LogP contribution is -2.66. The number of carbonyl (C=O) groups excluding carboxylic acids is 3. The first-order chi connectivity index (χ1) is 11.1. The van der Waals surface area contributed by atoms with Crippen LogP contribution in [0.2, 0.25) is 0 Å². The van der Waals surface area contributed by atoms with E-state index in [1.165, 1.54) is 4.90 Å². The number of ether oxygens (including phenoxy) is 1. The second kappa shape index (κ2) is 6.15. The molecule has 0 aromatic heterocycles. The summed E-state index contributed by atoms with van der Waals surface area (Å²) in [6.07, 6.45) is 0. The molecule has 2 N–H and O–H groups in total. The number of piperazine rings is 2. The fourth-order valence-electron chi connectivity index (χ4n) is 2.80. The predicted molar refractivity (Wildman–Crippen MR) is 82.1 cm³/mol. The number of methoxy groups -OCH3 is 1. The zero-order valence-corrected chi connectivity index (χ0v) is 12.7. The van der Waals surface area contributed by atoms with E-state index in [9.17, 15) is 14.4 Å². The molecule has 122 valence electrons. The molecule has 2 aliphatic rings. The number of benzene rings is 1. The van der Waals surface area contributed by atoms with Crippen molar-refractivity contribution in [2.45, 2.75) is 6.04 Å². The maximum absolute atomic E-state index is 12.4. The Hall–Kier alpha value is -2.77. The van der Waals surface area contributed by atoms with Gasteiger partial charge in [-0.25, -0.2) is 4.79 Å². The van der Waals surface area contributed by atoms with Crippen LogP contribution in [0, 0.1) is 0 Å². The molecule has 0 aliphatic carbocycles. The van der Waals surface area contributed by atoms with Crippen LogP contribution >= 0.6 is 0 Å². The van der Waals surface area contributed by atoms with E-state index in [2.05, 4.69) is 10.6 Å². The van der Waals surface area contributed by atoms with Crippen LogP contribution in [0.25, 0.3) is 0 Å². The second-order valence-electron chi connectivity index (χ2n) is 5.47. The van der Waals surface area contributed by atoms with Gasteiger partial charge in [-0.1, -0.05) is 6.07 Å². The maximum atomic E-state index is 12.4. The normalized spacial score (nSPS) is 20.7. The predicted octanol–water partition coefficient (Wildman–Crippen LogP) is -0.130. The van der Waals surface area contributed by atoms with Gasteiger partial charge in [0.15, 0.2) is 0 Å². The van der Waals surface area contributed by atoms with Crippen LogP contribution in [-0.4, -0.2) is 67.0 Å². The minimum atomic E-state index is -0.574. The standard InChI is InChI=1S/C15H18N4O4/c1-23-12-4-2-3-10(7-12)17-15(22)18-5-6-19-11(9-18)8-16-13(20)14(19)21/h2-4,7,11H,5-6,8-9H2,1H3,(H,16,20)(H,17,22). The van der Waals surface area contributed by atoms with E-state index in [0.29, 0.717) is 37.6 Å². The molecule has 8 nitrogen and oxygen atoms in total. The lowest BCUT2D eigenvalue weighted by atomic mass is 10.1. The summed E-state index contributed by atoms with van der Waals surface area (Å²) in [5.41, 5.74) is 0.643. The first-order valence-corrected chi connectivity index (χ1v) is 7.37. The minimum absolute atomic E-state index is 0.176. The number of fused-ring (bicyclic) bond motifs is 1. The SMILES string of the molecule is COc1cccc(NC(=O)N2CCN3C(=O)C(=O)NCC3C2)c1. The Kier molecular flexibility index (Phi) is 4.05. The summed E-state index contributed by atoms with van der Waals surface area (Å²) in [4.78, 5) is 38.7. The Morgan fingerprint density at radius 2 is 2.17 bits per heavy atom. The Morgan fingerprint density at radius 3 is 2.96 bits per heavy atom. The van der Waals surface area contributed by atoms with E-state index in [0.717, 1.165) is 0 Å². The summed E-state index contributed by atoms with van der Waals surface area (Å²) in [7, 11) is 1.56. The van der Waals surface area contributed by atoms with Crippen LogP contribution in [0.4, 0.5) is 10.5 Å². The molecular weight excluding hydrogens is 300 g/mol. The van der Waals surface area contributed by atoms with Crippen molar-refractivity contribution in [1.29, 1.82) is 0 Å². The van der Waals surface area contributed by atoms with Crippen molar-refractivity contribution in [3.8, 4) is 5.75 Å². The molecule has 0 saturated carbocycles. The molecule has 0 bridgehead atoms. The average molecular weight is 318 g/mol. The summed E-state index contributed by atoms with van der Waals surface area (Å²) < 4.78 is 5.13. The van der Waals surface area contributed by atoms with Crippen LogP contribution in [0.5, 0.6) is 5.75 Å². The molecule has 0 spiro atoms. The highest BCUT2D eigenvalue weighted by Gasteiger charge is 2.38. The number of rotatable bonds is 2. The molecule has 1 aromatic carbocycles. The highest BCUT2D eigenvalue weighted by Crippen LogP contribution is 2.18. The smallest absolute Gasteiger partial charge is 0.321 e. The van der Waals surface area contributed by atoms with Crippen LogP contribution in [-0.2, 0) is 9.59 Å². The van der Waals surface area contributed by atoms with Crippen molar-refractivity contribution in [3.05, 3.63) is 24.3 Å². The summed E-state index contributed by atoms with van der Waals surface area (Å²) >= 11 is 0. The van der Waals surface area contributed by atoms with Crippen molar-refractivity contribution < 1.29 is 19.1 Å². The summed E-state index contributed by atoms with van der Waals surface area (Å²) in [6.45, 7) is 1.52. The first-order valence-electron chi connectivity index (χ1n) is 7.37. The van der Waals surface area contributed by atoms with E-state index in [1.54, 1.807) is 36.3 Å². The Labute approximate surface area is 133 Å². The number of amides is 4.